The van der Waals surface area contributed by atoms with Gasteiger partial charge in [0.1, 0.15) is 0 Å². The van der Waals surface area contributed by atoms with Gasteiger partial charge in [0.05, 0.1) is 12.1 Å². The Morgan fingerprint density at radius 3 is 1.92 bits per heavy atom. The summed E-state index contributed by atoms with van der Waals surface area (Å²) in [5.74, 6) is 1.31. The largest absolute Gasteiger partial charge is 0.356 e. The minimum Gasteiger partial charge on any atom is -0.356 e. The van der Waals surface area contributed by atoms with Crippen molar-refractivity contribution in [2.24, 2.45) is 0 Å². The monoisotopic (exact) mass is 607 g/mol. The van der Waals surface area contributed by atoms with Gasteiger partial charge in [0, 0.05) is 61.9 Å². The molecule has 0 aliphatic carbocycles. The third kappa shape index (κ3) is 15.6. The third-order valence-electron chi connectivity index (χ3n) is 6.61. The molecule has 5 amide bonds. The van der Waals surface area contributed by atoms with Crippen LogP contribution in [0.3, 0.4) is 0 Å². The van der Waals surface area contributed by atoms with Crippen LogP contribution in [-0.2, 0) is 23.3 Å². The molecule has 0 spiro atoms. The molecule has 2 fully saturated rings. The van der Waals surface area contributed by atoms with E-state index in [-0.39, 0.29) is 35.8 Å². The van der Waals surface area contributed by atoms with Crippen LogP contribution in [-0.4, -0.2) is 86.9 Å². The van der Waals surface area contributed by atoms with Gasteiger partial charge in [-0.3, -0.25) is 14.4 Å². The normalized spacial score (nSPS) is 20.1. The lowest BCUT2D eigenvalue weighted by Crippen LogP contribution is -2.36. The Morgan fingerprint density at radius 1 is 0.821 bits per heavy atom. The number of hydrogen-bond acceptors (Lipinski definition) is 8. The van der Waals surface area contributed by atoms with E-state index in [1.54, 1.807) is 0 Å². The number of urea groups is 1. The third-order valence-corrected chi connectivity index (χ3v) is 10.7. The van der Waals surface area contributed by atoms with Gasteiger partial charge in [-0.1, -0.05) is 19.3 Å². The molecule has 0 unspecified atom stereocenters. The summed E-state index contributed by atoms with van der Waals surface area (Å²) >= 11 is 1.90. The first kappa shape index (κ1) is 33.5. The Kier molecular flexibility index (Phi) is 16.0. The molecule has 0 bridgehead atoms. The summed E-state index contributed by atoms with van der Waals surface area (Å²) < 4.78 is 22.0. The first-order valence-electron chi connectivity index (χ1n) is 14.0. The molecule has 39 heavy (non-hydrogen) atoms. The fraction of sp³-hybridized carbons (Fsp3) is 0.840. The Morgan fingerprint density at radius 2 is 1.36 bits per heavy atom. The average molecular weight is 608 g/mol. The van der Waals surface area contributed by atoms with Crippen molar-refractivity contribution in [3.63, 3.8) is 0 Å². The van der Waals surface area contributed by atoms with Crippen molar-refractivity contribution in [2.75, 3.05) is 37.4 Å². The number of carbonyl (C=O) groups is 4. The van der Waals surface area contributed by atoms with Gasteiger partial charge >= 0.3 is 6.03 Å². The van der Waals surface area contributed by atoms with Gasteiger partial charge in [-0.25, -0.2) is 13.2 Å². The van der Waals surface area contributed by atoms with E-state index in [0.717, 1.165) is 80.6 Å². The van der Waals surface area contributed by atoms with Crippen LogP contribution in [0.25, 0.3) is 0 Å². The second kappa shape index (κ2) is 18.6. The topological polar surface area (TPSA) is 163 Å². The molecule has 2 heterocycles. The van der Waals surface area contributed by atoms with E-state index in [9.17, 15) is 27.6 Å². The molecule has 0 saturated carbocycles. The molecule has 0 aromatic rings. The predicted octanol–water partition coefficient (Wildman–Crippen LogP) is 1.87. The van der Waals surface area contributed by atoms with Crippen molar-refractivity contribution < 1.29 is 27.6 Å². The molecular weight excluding hydrogens is 563 g/mol. The number of rotatable bonds is 21. The maximum absolute atomic E-state index is 12.0. The van der Waals surface area contributed by atoms with Gasteiger partial charge in [0.2, 0.25) is 17.7 Å². The lowest BCUT2D eigenvalue weighted by Gasteiger charge is -2.16. The average Bonchev–Trinajstić information content (AvgIpc) is 3.42. The van der Waals surface area contributed by atoms with Crippen molar-refractivity contribution in [1.29, 1.82) is 0 Å². The number of nitrogens with one attached hydrogen (secondary N) is 5. The Hall–Kier alpha value is -1.67. The molecule has 3 atom stereocenters. The van der Waals surface area contributed by atoms with Gasteiger partial charge in [0.25, 0.3) is 0 Å². The van der Waals surface area contributed by atoms with Gasteiger partial charge in [-0.15, -0.1) is 0 Å². The molecular formula is C25H45N5O6S3. The van der Waals surface area contributed by atoms with Crippen LogP contribution in [0.4, 0.5) is 4.79 Å². The van der Waals surface area contributed by atoms with Crippen LogP contribution >= 0.6 is 22.6 Å². The van der Waals surface area contributed by atoms with E-state index in [0.29, 0.717) is 49.9 Å². The van der Waals surface area contributed by atoms with Crippen LogP contribution in [0.5, 0.6) is 0 Å². The van der Waals surface area contributed by atoms with Crippen LogP contribution < -0.4 is 26.6 Å². The SMILES string of the molecule is CS(=O)(=O)SCCNC(=O)CCCCCNC(=O)CCCCCNC(=O)CCCC[C@@H]1SC[C@@H]2NC(=O)N[C@H]21. The quantitative estimate of drug-likeness (QED) is 0.0750. The zero-order valence-corrected chi connectivity index (χ0v) is 25.4. The number of fused-ring (bicyclic) bond motifs is 1. The van der Waals surface area contributed by atoms with Gasteiger partial charge in [-0.05, 0) is 49.3 Å². The second-order valence-electron chi connectivity index (χ2n) is 10.1. The first-order chi connectivity index (χ1) is 18.6. The van der Waals surface area contributed by atoms with Crippen molar-refractivity contribution in [3.8, 4) is 0 Å². The molecule has 0 aromatic carbocycles. The molecule has 2 saturated heterocycles. The lowest BCUT2D eigenvalue weighted by molar-refractivity contribution is -0.122. The van der Waals surface area contributed by atoms with E-state index in [4.69, 9.17) is 0 Å². The summed E-state index contributed by atoms with van der Waals surface area (Å²) in [5.41, 5.74) is 0. The van der Waals surface area contributed by atoms with E-state index in [1.807, 2.05) is 11.8 Å². The highest BCUT2D eigenvalue weighted by Gasteiger charge is 2.42. The van der Waals surface area contributed by atoms with Crippen LogP contribution in [0, 0.1) is 0 Å². The summed E-state index contributed by atoms with van der Waals surface area (Å²) in [4.78, 5) is 47.1. The molecule has 224 valence electrons. The molecule has 14 heteroatoms. The summed E-state index contributed by atoms with van der Waals surface area (Å²) in [6.45, 7) is 1.56. The van der Waals surface area contributed by atoms with Crippen LogP contribution in [0.2, 0.25) is 0 Å². The number of amides is 5. The Bertz CT molecular complexity index is 905. The minimum atomic E-state index is -3.07. The number of carbonyl (C=O) groups excluding carboxylic acids is 4. The van der Waals surface area contributed by atoms with Crippen LogP contribution in [0.15, 0.2) is 0 Å². The van der Waals surface area contributed by atoms with E-state index >= 15 is 0 Å². The van der Waals surface area contributed by atoms with Crippen LogP contribution in [0.1, 0.15) is 77.0 Å². The highest BCUT2D eigenvalue weighted by Crippen LogP contribution is 2.33. The fourth-order valence-corrected chi connectivity index (χ4v) is 7.74. The predicted molar refractivity (Wildman–Crippen MR) is 157 cm³/mol. The minimum absolute atomic E-state index is 0.0276. The van der Waals surface area contributed by atoms with E-state index < -0.39 is 8.87 Å². The number of unbranched alkanes of at least 4 members (excludes halogenated alkanes) is 5. The summed E-state index contributed by atoms with van der Waals surface area (Å²) in [5, 5.41) is 14.9. The van der Waals surface area contributed by atoms with Gasteiger partial charge in [-0.2, -0.15) is 11.8 Å². The van der Waals surface area contributed by atoms with Crippen molar-refractivity contribution in [2.45, 2.75) is 94.4 Å². The lowest BCUT2D eigenvalue weighted by atomic mass is 10.0. The number of thioether (sulfide) groups is 1. The summed E-state index contributed by atoms with van der Waals surface area (Å²) in [7, 11) is -2.25. The summed E-state index contributed by atoms with van der Waals surface area (Å²) in [6, 6.07) is 0.396. The maximum atomic E-state index is 12.0. The fourth-order valence-electron chi connectivity index (χ4n) is 4.55. The zero-order valence-electron chi connectivity index (χ0n) is 22.9. The molecule has 0 radical (unpaired) electrons. The zero-order chi connectivity index (χ0) is 28.5. The molecule has 0 aromatic heterocycles. The number of hydrogen-bond donors (Lipinski definition) is 5. The Labute approximate surface area is 240 Å². The highest BCUT2D eigenvalue weighted by atomic mass is 33.1. The Balaban J connectivity index is 1.32. The highest BCUT2D eigenvalue weighted by molar-refractivity contribution is 8.71. The molecule has 5 N–H and O–H groups in total. The van der Waals surface area contributed by atoms with Gasteiger partial charge in [0.15, 0.2) is 8.87 Å². The molecule has 2 rings (SSSR count). The van der Waals surface area contributed by atoms with Crippen molar-refractivity contribution in [1.82, 2.24) is 26.6 Å². The molecule has 11 nitrogen and oxygen atoms in total. The summed E-state index contributed by atoms with van der Waals surface area (Å²) in [6.07, 6.45) is 10.3. The van der Waals surface area contributed by atoms with Crippen molar-refractivity contribution >= 4 is 55.2 Å². The smallest absolute Gasteiger partial charge is 0.315 e. The van der Waals surface area contributed by atoms with E-state index in [2.05, 4.69) is 26.6 Å². The first-order valence-corrected chi connectivity index (χ1v) is 18.4. The van der Waals surface area contributed by atoms with Crippen molar-refractivity contribution in [3.05, 3.63) is 0 Å². The maximum Gasteiger partial charge on any atom is 0.315 e. The standard InChI is InChI=1S/C25H45N5O6S3/c1-39(35,36)38-17-16-28-23(33)12-5-3-9-14-26-21(31)11-4-2-8-15-27-22(32)13-7-6-10-20-24-19(18-37-20)29-25(34)30-24/h19-20,24H,2-18H2,1H3,(H,26,31)(H,27,32)(H,28,33)(H2,29,30,34)/t19-,20-,24+/m0/s1. The van der Waals surface area contributed by atoms with Gasteiger partial charge < -0.3 is 26.6 Å². The van der Waals surface area contributed by atoms with E-state index in [1.165, 1.54) is 0 Å². The molecule has 2 aliphatic rings. The second-order valence-corrected chi connectivity index (χ2v) is 15.9. The molecule has 2 aliphatic heterocycles.